The van der Waals surface area contributed by atoms with Crippen molar-refractivity contribution in [3.05, 3.63) is 35.4 Å². The monoisotopic (exact) mass is 315 g/mol. The van der Waals surface area contributed by atoms with E-state index in [1.165, 1.54) is 22.4 Å². The summed E-state index contributed by atoms with van der Waals surface area (Å²) in [5, 5.41) is 2.73. The number of rotatable bonds is 4. The van der Waals surface area contributed by atoms with Crippen molar-refractivity contribution in [3.63, 3.8) is 0 Å². The number of hydrogen-bond donors (Lipinski definition) is 1. The van der Waals surface area contributed by atoms with Crippen molar-refractivity contribution < 1.29 is 9.59 Å². The van der Waals surface area contributed by atoms with Gasteiger partial charge in [-0.25, -0.2) is 4.79 Å². The zero-order valence-corrected chi connectivity index (χ0v) is 14.1. The maximum atomic E-state index is 12.2. The molecule has 1 fully saturated rings. The summed E-state index contributed by atoms with van der Waals surface area (Å²) in [5.41, 5.74) is 2.03. The van der Waals surface area contributed by atoms with E-state index in [1.807, 2.05) is 0 Å². The molecule has 1 aliphatic heterocycles. The smallest absolute Gasteiger partial charge is 0.324 e. The van der Waals surface area contributed by atoms with Gasteiger partial charge >= 0.3 is 6.03 Å². The maximum absolute atomic E-state index is 12.2. The Labute approximate surface area is 137 Å². The summed E-state index contributed by atoms with van der Waals surface area (Å²) in [6.07, 6.45) is 3.45. The Bertz CT molecular complexity index is 626. The topological polar surface area (TPSA) is 52.6 Å². The van der Waals surface area contributed by atoms with Crippen LogP contribution in [0.25, 0.3) is 0 Å². The fraction of sp³-hybridized carbons (Fsp3) is 0.556. The highest BCUT2D eigenvalue weighted by atomic mass is 16.2. The first-order valence-corrected chi connectivity index (χ1v) is 8.32. The highest BCUT2D eigenvalue weighted by Gasteiger charge is 2.44. The number of urea groups is 1. The normalized spacial score (nSPS) is 23.1. The minimum atomic E-state index is -0.785. The van der Waals surface area contributed by atoms with Gasteiger partial charge in [-0.3, -0.25) is 14.6 Å². The molecular formula is C18H25N3O2. The van der Waals surface area contributed by atoms with Crippen molar-refractivity contribution >= 4 is 11.9 Å². The third kappa shape index (κ3) is 2.98. The molecule has 3 rings (SSSR count). The van der Waals surface area contributed by atoms with E-state index in [2.05, 4.69) is 41.5 Å². The third-order valence-electron chi connectivity index (χ3n) is 4.99. The minimum Gasteiger partial charge on any atom is -0.324 e. The second kappa shape index (κ2) is 5.96. The van der Waals surface area contributed by atoms with E-state index < -0.39 is 5.54 Å². The van der Waals surface area contributed by atoms with Gasteiger partial charge < -0.3 is 5.32 Å². The average Bonchev–Trinajstić information content (AvgIpc) is 2.72. The molecule has 0 aromatic heterocycles. The number of imide groups is 1. The van der Waals surface area contributed by atoms with Crippen LogP contribution in [0.1, 0.15) is 43.9 Å². The largest absolute Gasteiger partial charge is 0.325 e. The Morgan fingerprint density at radius 1 is 1.30 bits per heavy atom. The lowest BCUT2D eigenvalue weighted by Gasteiger charge is -2.34. The lowest BCUT2D eigenvalue weighted by Crippen LogP contribution is -2.42. The third-order valence-corrected chi connectivity index (χ3v) is 4.99. The van der Waals surface area contributed by atoms with Gasteiger partial charge in [0.15, 0.2) is 0 Å². The molecular weight excluding hydrogens is 290 g/mol. The van der Waals surface area contributed by atoms with Gasteiger partial charge in [-0.2, -0.15) is 0 Å². The quantitative estimate of drug-likeness (QED) is 0.868. The second-order valence-electron chi connectivity index (χ2n) is 7.10. The SMILES string of the molecule is CN(CCN1C(=O)NC(C)(C)C1=O)C1CCCc2ccccc21. The average molecular weight is 315 g/mol. The molecule has 1 heterocycles. The highest BCUT2D eigenvalue weighted by molar-refractivity contribution is 6.06. The Morgan fingerprint density at radius 2 is 2.04 bits per heavy atom. The molecule has 0 spiro atoms. The summed E-state index contributed by atoms with van der Waals surface area (Å²) in [6.45, 7) is 4.61. The van der Waals surface area contributed by atoms with E-state index in [0.717, 1.165) is 12.8 Å². The molecule has 0 saturated carbocycles. The first-order chi connectivity index (χ1) is 10.9. The van der Waals surface area contributed by atoms with Crippen LogP contribution < -0.4 is 5.32 Å². The number of nitrogens with zero attached hydrogens (tertiary/aromatic N) is 2. The summed E-state index contributed by atoms with van der Waals surface area (Å²) in [7, 11) is 2.08. The van der Waals surface area contributed by atoms with Crippen molar-refractivity contribution in [1.82, 2.24) is 15.1 Å². The van der Waals surface area contributed by atoms with Crippen molar-refractivity contribution in [1.29, 1.82) is 0 Å². The number of nitrogens with one attached hydrogen (secondary N) is 1. The summed E-state index contributed by atoms with van der Waals surface area (Å²) in [5.74, 6) is -0.139. The van der Waals surface area contributed by atoms with Crippen LogP contribution in [-0.4, -0.2) is 47.4 Å². The van der Waals surface area contributed by atoms with Crippen LogP contribution >= 0.6 is 0 Å². The molecule has 2 aliphatic rings. The molecule has 5 heteroatoms. The molecule has 1 aromatic carbocycles. The fourth-order valence-corrected chi connectivity index (χ4v) is 3.62. The second-order valence-corrected chi connectivity index (χ2v) is 7.10. The van der Waals surface area contributed by atoms with Crippen LogP contribution in [0.4, 0.5) is 4.79 Å². The van der Waals surface area contributed by atoms with Crippen molar-refractivity contribution in [3.8, 4) is 0 Å². The first kappa shape index (κ1) is 16.0. The van der Waals surface area contributed by atoms with E-state index in [1.54, 1.807) is 13.8 Å². The van der Waals surface area contributed by atoms with Gasteiger partial charge in [0, 0.05) is 19.1 Å². The van der Waals surface area contributed by atoms with Crippen molar-refractivity contribution in [2.24, 2.45) is 0 Å². The number of amides is 3. The van der Waals surface area contributed by atoms with E-state index in [4.69, 9.17) is 0 Å². The van der Waals surface area contributed by atoms with Crippen LogP contribution in [0.3, 0.4) is 0 Å². The lowest BCUT2D eigenvalue weighted by atomic mass is 9.87. The standard InChI is InChI=1S/C18H25N3O2/c1-18(2)16(22)21(17(23)19-18)12-11-20(3)15-10-6-8-13-7-4-5-9-14(13)15/h4-5,7,9,15H,6,8,10-12H2,1-3H3,(H,19,23). The number of carbonyl (C=O) groups is 2. The molecule has 1 aromatic rings. The fourth-order valence-electron chi connectivity index (χ4n) is 3.62. The molecule has 23 heavy (non-hydrogen) atoms. The molecule has 1 unspecified atom stereocenters. The first-order valence-electron chi connectivity index (χ1n) is 8.32. The number of aryl methyl sites for hydroxylation is 1. The Kier molecular flexibility index (Phi) is 4.15. The molecule has 1 saturated heterocycles. The molecule has 124 valence electrons. The van der Waals surface area contributed by atoms with Gasteiger partial charge in [-0.05, 0) is 51.3 Å². The van der Waals surface area contributed by atoms with Crippen LogP contribution in [0.5, 0.6) is 0 Å². The number of fused-ring (bicyclic) bond motifs is 1. The van der Waals surface area contributed by atoms with Gasteiger partial charge in [0.1, 0.15) is 5.54 Å². The zero-order chi connectivity index (χ0) is 16.6. The van der Waals surface area contributed by atoms with Gasteiger partial charge in [0.05, 0.1) is 0 Å². The number of benzene rings is 1. The van der Waals surface area contributed by atoms with E-state index in [9.17, 15) is 9.59 Å². The molecule has 1 aliphatic carbocycles. The molecule has 1 N–H and O–H groups in total. The summed E-state index contributed by atoms with van der Waals surface area (Å²) in [6, 6.07) is 8.68. The van der Waals surface area contributed by atoms with Gasteiger partial charge in [-0.15, -0.1) is 0 Å². The molecule has 1 atom stereocenters. The molecule has 5 nitrogen and oxygen atoms in total. The van der Waals surface area contributed by atoms with Crippen LogP contribution in [0.2, 0.25) is 0 Å². The van der Waals surface area contributed by atoms with Gasteiger partial charge in [-0.1, -0.05) is 24.3 Å². The number of likely N-dealkylation sites (N-methyl/N-ethyl adjacent to an activating group) is 1. The predicted molar refractivity (Wildman–Crippen MR) is 89.1 cm³/mol. The van der Waals surface area contributed by atoms with E-state index in [-0.39, 0.29) is 11.9 Å². The van der Waals surface area contributed by atoms with Crippen LogP contribution in [0.15, 0.2) is 24.3 Å². The molecule has 0 bridgehead atoms. The Balaban J connectivity index is 1.66. The van der Waals surface area contributed by atoms with Gasteiger partial charge in [0.2, 0.25) is 0 Å². The lowest BCUT2D eigenvalue weighted by molar-refractivity contribution is -0.130. The highest BCUT2D eigenvalue weighted by Crippen LogP contribution is 2.33. The molecule has 3 amide bonds. The maximum Gasteiger partial charge on any atom is 0.325 e. The number of carbonyl (C=O) groups excluding carboxylic acids is 2. The van der Waals surface area contributed by atoms with Crippen LogP contribution in [0, 0.1) is 0 Å². The Morgan fingerprint density at radius 3 is 2.74 bits per heavy atom. The number of hydrogen-bond acceptors (Lipinski definition) is 3. The molecule has 0 radical (unpaired) electrons. The summed E-state index contributed by atoms with van der Waals surface area (Å²) in [4.78, 5) is 27.8. The van der Waals surface area contributed by atoms with Crippen molar-refractivity contribution in [2.45, 2.75) is 44.7 Å². The van der Waals surface area contributed by atoms with Gasteiger partial charge in [0.25, 0.3) is 5.91 Å². The predicted octanol–water partition coefficient (Wildman–Crippen LogP) is 2.33. The van der Waals surface area contributed by atoms with E-state index >= 15 is 0 Å². The zero-order valence-electron chi connectivity index (χ0n) is 14.1. The van der Waals surface area contributed by atoms with Crippen molar-refractivity contribution in [2.75, 3.05) is 20.1 Å². The van der Waals surface area contributed by atoms with E-state index in [0.29, 0.717) is 19.1 Å². The Hall–Kier alpha value is -1.88. The van der Waals surface area contributed by atoms with Crippen LogP contribution in [-0.2, 0) is 11.2 Å². The summed E-state index contributed by atoms with van der Waals surface area (Å²) < 4.78 is 0. The summed E-state index contributed by atoms with van der Waals surface area (Å²) >= 11 is 0. The minimum absolute atomic E-state index is 0.139.